The number of hydrogen-bond donors (Lipinski definition) is 2. The number of carbonyl (C=O) groups is 1. The first-order valence-electron chi connectivity index (χ1n) is 6.59. The summed E-state index contributed by atoms with van der Waals surface area (Å²) >= 11 is 6.05. The van der Waals surface area contributed by atoms with Crippen molar-refractivity contribution in [3.05, 3.63) is 64.7 Å². The normalized spacial score (nSPS) is 11.8. The zero-order valence-electron chi connectivity index (χ0n) is 11.7. The van der Waals surface area contributed by atoms with Gasteiger partial charge in [-0.2, -0.15) is 0 Å². The molecule has 2 aromatic rings. The zero-order chi connectivity index (χ0) is 15.2. The van der Waals surface area contributed by atoms with Crippen LogP contribution in [0, 0.1) is 0 Å². The maximum absolute atomic E-state index is 11.5. The Morgan fingerprint density at radius 3 is 2.67 bits per heavy atom. The molecule has 0 aliphatic rings. The SMILES string of the molecule is CC(Oc1ccc(Cl)cc1Cc1ccccc1)C(=O)NN. The Kier molecular flexibility index (Phi) is 5.20. The van der Waals surface area contributed by atoms with Gasteiger partial charge in [-0.3, -0.25) is 10.2 Å². The molecule has 110 valence electrons. The van der Waals surface area contributed by atoms with Crippen LogP contribution in [-0.4, -0.2) is 12.0 Å². The third kappa shape index (κ3) is 4.21. The van der Waals surface area contributed by atoms with Gasteiger partial charge in [-0.25, -0.2) is 5.84 Å². The second-order valence-electron chi connectivity index (χ2n) is 4.68. The number of benzene rings is 2. The van der Waals surface area contributed by atoms with Crippen LogP contribution in [0.15, 0.2) is 48.5 Å². The van der Waals surface area contributed by atoms with Crippen molar-refractivity contribution in [1.82, 2.24) is 5.43 Å². The van der Waals surface area contributed by atoms with Crippen molar-refractivity contribution in [2.24, 2.45) is 5.84 Å². The highest BCUT2D eigenvalue weighted by Gasteiger charge is 2.15. The number of rotatable bonds is 5. The summed E-state index contributed by atoms with van der Waals surface area (Å²) in [5.41, 5.74) is 4.14. The van der Waals surface area contributed by atoms with E-state index in [0.29, 0.717) is 17.2 Å². The summed E-state index contributed by atoms with van der Waals surface area (Å²) in [6.45, 7) is 1.64. The standard InChI is InChI=1S/C16H17ClN2O2/c1-11(16(20)19-18)21-15-8-7-14(17)10-13(15)9-12-5-3-2-4-6-12/h2-8,10-11H,9,18H2,1H3,(H,19,20). The van der Waals surface area contributed by atoms with Crippen molar-refractivity contribution in [3.8, 4) is 5.75 Å². The Balaban J connectivity index is 2.23. The lowest BCUT2D eigenvalue weighted by molar-refractivity contribution is -0.127. The lowest BCUT2D eigenvalue weighted by atomic mass is 10.0. The Morgan fingerprint density at radius 1 is 1.29 bits per heavy atom. The van der Waals surface area contributed by atoms with Gasteiger partial charge in [0, 0.05) is 17.0 Å². The topological polar surface area (TPSA) is 64.3 Å². The van der Waals surface area contributed by atoms with Crippen molar-refractivity contribution >= 4 is 17.5 Å². The molecule has 0 heterocycles. The lowest BCUT2D eigenvalue weighted by Crippen LogP contribution is -2.40. The van der Waals surface area contributed by atoms with E-state index >= 15 is 0 Å². The van der Waals surface area contributed by atoms with Crippen LogP contribution in [0.4, 0.5) is 0 Å². The molecular formula is C16H17ClN2O2. The van der Waals surface area contributed by atoms with Gasteiger partial charge in [-0.1, -0.05) is 41.9 Å². The summed E-state index contributed by atoms with van der Waals surface area (Å²) in [5.74, 6) is 5.36. The highest BCUT2D eigenvalue weighted by atomic mass is 35.5. The summed E-state index contributed by atoms with van der Waals surface area (Å²) in [6, 6.07) is 15.3. The molecule has 0 aromatic heterocycles. The van der Waals surface area contributed by atoms with Crippen molar-refractivity contribution in [1.29, 1.82) is 0 Å². The first kappa shape index (κ1) is 15.4. The van der Waals surface area contributed by atoms with E-state index in [0.717, 1.165) is 11.1 Å². The fourth-order valence-corrected chi connectivity index (χ4v) is 2.17. The molecule has 1 unspecified atom stereocenters. The summed E-state index contributed by atoms with van der Waals surface area (Å²) in [7, 11) is 0. The summed E-state index contributed by atoms with van der Waals surface area (Å²) in [6.07, 6.45) is -0.000976. The fraction of sp³-hybridized carbons (Fsp3) is 0.188. The Bertz CT molecular complexity index is 617. The van der Waals surface area contributed by atoms with E-state index in [9.17, 15) is 4.79 Å². The number of hydrogen-bond acceptors (Lipinski definition) is 3. The monoisotopic (exact) mass is 304 g/mol. The van der Waals surface area contributed by atoms with Gasteiger partial charge in [-0.05, 0) is 30.7 Å². The Morgan fingerprint density at radius 2 is 2.00 bits per heavy atom. The molecule has 3 N–H and O–H groups in total. The summed E-state index contributed by atoms with van der Waals surface area (Å²) in [4.78, 5) is 11.5. The molecule has 2 rings (SSSR count). The maximum atomic E-state index is 11.5. The molecule has 2 aromatic carbocycles. The molecule has 0 saturated heterocycles. The zero-order valence-corrected chi connectivity index (χ0v) is 12.4. The van der Waals surface area contributed by atoms with E-state index in [1.165, 1.54) is 0 Å². The molecule has 0 saturated carbocycles. The van der Waals surface area contributed by atoms with Gasteiger partial charge >= 0.3 is 0 Å². The van der Waals surface area contributed by atoms with Crippen molar-refractivity contribution in [2.75, 3.05) is 0 Å². The van der Waals surface area contributed by atoms with Gasteiger partial charge in [0.2, 0.25) is 0 Å². The predicted octanol–water partition coefficient (Wildman–Crippen LogP) is 2.69. The number of halogens is 1. The van der Waals surface area contributed by atoms with Gasteiger partial charge in [-0.15, -0.1) is 0 Å². The van der Waals surface area contributed by atoms with Crippen molar-refractivity contribution < 1.29 is 9.53 Å². The van der Waals surface area contributed by atoms with Crippen molar-refractivity contribution in [2.45, 2.75) is 19.4 Å². The summed E-state index contributed by atoms with van der Waals surface area (Å²) < 4.78 is 5.67. The Labute approximate surface area is 128 Å². The number of nitrogens with one attached hydrogen (secondary N) is 1. The van der Waals surface area contributed by atoms with E-state index in [2.05, 4.69) is 5.43 Å². The third-order valence-corrected chi connectivity index (χ3v) is 3.31. The van der Waals surface area contributed by atoms with Gasteiger partial charge in [0.25, 0.3) is 5.91 Å². The van der Waals surface area contributed by atoms with E-state index in [-0.39, 0.29) is 5.91 Å². The molecule has 21 heavy (non-hydrogen) atoms. The van der Waals surface area contributed by atoms with Crippen LogP contribution in [0.3, 0.4) is 0 Å². The molecule has 0 bridgehead atoms. The smallest absolute Gasteiger partial charge is 0.274 e. The highest BCUT2D eigenvalue weighted by Crippen LogP contribution is 2.26. The molecule has 0 radical (unpaired) electrons. The number of nitrogens with two attached hydrogens (primary N) is 1. The quantitative estimate of drug-likeness (QED) is 0.507. The van der Waals surface area contributed by atoms with E-state index in [1.54, 1.807) is 19.1 Å². The van der Waals surface area contributed by atoms with Crippen LogP contribution in [-0.2, 0) is 11.2 Å². The number of amides is 1. The van der Waals surface area contributed by atoms with Gasteiger partial charge in [0.15, 0.2) is 6.10 Å². The van der Waals surface area contributed by atoms with E-state index < -0.39 is 6.10 Å². The minimum atomic E-state index is -0.675. The number of ether oxygens (including phenoxy) is 1. The first-order chi connectivity index (χ1) is 10.1. The minimum absolute atomic E-state index is 0.379. The molecule has 0 spiro atoms. The van der Waals surface area contributed by atoms with Gasteiger partial charge in [0.05, 0.1) is 0 Å². The predicted molar refractivity (Wildman–Crippen MR) is 83.1 cm³/mol. The lowest BCUT2D eigenvalue weighted by Gasteiger charge is -2.16. The summed E-state index contributed by atoms with van der Waals surface area (Å²) in [5, 5.41) is 0.629. The molecule has 5 heteroatoms. The first-order valence-corrected chi connectivity index (χ1v) is 6.97. The molecule has 0 aliphatic heterocycles. The minimum Gasteiger partial charge on any atom is -0.481 e. The second kappa shape index (κ2) is 7.11. The highest BCUT2D eigenvalue weighted by molar-refractivity contribution is 6.30. The molecular weight excluding hydrogens is 288 g/mol. The second-order valence-corrected chi connectivity index (χ2v) is 5.12. The van der Waals surface area contributed by atoms with Crippen LogP contribution in [0.25, 0.3) is 0 Å². The molecule has 0 fully saturated rings. The molecule has 1 amide bonds. The Hall–Kier alpha value is -2.04. The average molecular weight is 305 g/mol. The van der Waals surface area contributed by atoms with Crippen molar-refractivity contribution in [3.63, 3.8) is 0 Å². The third-order valence-electron chi connectivity index (χ3n) is 3.08. The fourth-order valence-electron chi connectivity index (χ4n) is 1.98. The largest absolute Gasteiger partial charge is 0.481 e. The van der Waals surface area contributed by atoms with E-state index in [1.807, 2.05) is 36.4 Å². The average Bonchev–Trinajstić information content (AvgIpc) is 2.50. The van der Waals surface area contributed by atoms with Crippen LogP contribution in [0.5, 0.6) is 5.75 Å². The van der Waals surface area contributed by atoms with Gasteiger partial charge in [0.1, 0.15) is 5.75 Å². The molecule has 1 atom stereocenters. The van der Waals surface area contributed by atoms with Crippen LogP contribution >= 0.6 is 11.6 Å². The van der Waals surface area contributed by atoms with E-state index in [4.69, 9.17) is 22.2 Å². The molecule has 4 nitrogen and oxygen atoms in total. The van der Waals surface area contributed by atoms with Crippen LogP contribution in [0.2, 0.25) is 5.02 Å². The number of carbonyl (C=O) groups excluding carboxylic acids is 1. The molecule has 0 aliphatic carbocycles. The number of hydrazine groups is 1. The van der Waals surface area contributed by atoms with Crippen LogP contribution < -0.4 is 16.0 Å². The van der Waals surface area contributed by atoms with Gasteiger partial charge < -0.3 is 4.74 Å². The maximum Gasteiger partial charge on any atom is 0.274 e. The van der Waals surface area contributed by atoms with Crippen LogP contribution in [0.1, 0.15) is 18.1 Å².